The van der Waals surface area contributed by atoms with Gasteiger partial charge in [0, 0.05) is 4.75 Å². The van der Waals surface area contributed by atoms with Gasteiger partial charge in [0.2, 0.25) is 0 Å². The Labute approximate surface area is 142 Å². The molecule has 0 saturated heterocycles. The van der Waals surface area contributed by atoms with Crippen molar-refractivity contribution in [1.29, 1.82) is 0 Å². The molecule has 0 fully saturated rings. The van der Waals surface area contributed by atoms with Crippen molar-refractivity contribution < 1.29 is 37.3 Å². The molecule has 6 nitrogen and oxygen atoms in total. The summed E-state index contributed by atoms with van der Waals surface area (Å²) >= 11 is 4.24. The topological polar surface area (TPSA) is 98.9 Å². The van der Waals surface area contributed by atoms with Crippen molar-refractivity contribution in [3.05, 3.63) is 24.3 Å². The molecule has 136 valence electrons. The van der Waals surface area contributed by atoms with Crippen LogP contribution in [0, 0.1) is 0 Å². The van der Waals surface area contributed by atoms with E-state index in [1.54, 1.807) is 45.2 Å². The lowest BCUT2D eigenvalue weighted by molar-refractivity contribution is -0.192. The summed E-state index contributed by atoms with van der Waals surface area (Å²) in [6.45, 7) is 3.52. The van der Waals surface area contributed by atoms with Crippen LogP contribution in [-0.2, 0) is 9.59 Å². The van der Waals surface area contributed by atoms with E-state index < -0.39 is 28.9 Å². The second-order valence-electron chi connectivity index (χ2n) is 5.03. The van der Waals surface area contributed by atoms with E-state index in [2.05, 4.69) is 12.6 Å². The molecule has 0 aromatic heterocycles. The maximum absolute atomic E-state index is 11.7. The van der Waals surface area contributed by atoms with Gasteiger partial charge in [-0.3, -0.25) is 0 Å². The predicted molar refractivity (Wildman–Crippen MR) is 83.4 cm³/mol. The second-order valence-corrected chi connectivity index (χ2v) is 6.18. The Morgan fingerprint density at radius 1 is 1.17 bits per heavy atom. The van der Waals surface area contributed by atoms with Crippen molar-refractivity contribution in [2.24, 2.45) is 5.73 Å². The maximum atomic E-state index is 11.7. The molecule has 1 aromatic carbocycles. The average Bonchev–Trinajstić information content (AvgIpc) is 2.45. The van der Waals surface area contributed by atoms with Crippen LogP contribution in [0.4, 0.5) is 13.2 Å². The summed E-state index contributed by atoms with van der Waals surface area (Å²) in [4.78, 5) is 20.6. The van der Waals surface area contributed by atoms with E-state index in [0.717, 1.165) is 0 Å². The largest absolute Gasteiger partial charge is 0.497 e. The van der Waals surface area contributed by atoms with Gasteiger partial charge >= 0.3 is 18.1 Å². The number of thiol groups is 1. The number of carbonyl (C=O) groups excluding carboxylic acids is 1. The Balaban J connectivity index is 0.000000640. The lowest BCUT2D eigenvalue weighted by Crippen LogP contribution is -2.47. The fourth-order valence-corrected chi connectivity index (χ4v) is 1.22. The molecule has 0 radical (unpaired) electrons. The first kappa shape index (κ1) is 22.1. The maximum Gasteiger partial charge on any atom is 0.490 e. The highest BCUT2D eigenvalue weighted by molar-refractivity contribution is 7.81. The van der Waals surface area contributed by atoms with Gasteiger partial charge in [-0.15, -0.1) is 0 Å². The monoisotopic (exact) mass is 369 g/mol. The van der Waals surface area contributed by atoms with Crippen molar-refractivity contribution >= 4 is 24.6 Å². The zero-order chi connectivity index (χ0) is 19.1. The number of ether oxygens (including phenoxy) is 2. The summed E-state index contributed by atoms with van der Waals surface area (Å²) in [5.74, 6) is -2.13. The highest BCUT2D eigenvalue weighted by atomic mass is 32.1. The molecule has 10 heteroatoms. The molecule has 1 aromatic rings. The van der Waals surface area contributed by atoms with E-state index in [4.69, 9.17) is 25.1 Å². The molecule has 0 saturated carbocycles. The van der Waals surface area contributed by atoms with Crippen LogP contribution in [0.5, 0.6) is 11.5 Å². The standard InChI is InChI=1S/C12H17NO3S.C2HF3O2/c1-12(2,17)10(13)11(14)16-9-6-4-8(15-3)5-7-9;3-2(4,5)1(6)7/h4-7,10,17H,13H2,1-3H3;(H,6,7)/t10-;/m0./s1. The Morgan fingerprint density at radius 3 is 1.83 bits per heavy atom. The lowest BCUT2D eigenvalue weighted by Gasteiger charge is -2.23. The van der Waals surface area contributed by atoms with Crippen LogP contribution in [0.3, 0.4) is 0 Å². The summed E-state index contributed by atoms with van der Waals surface area (Å²) in [5.41, 5.74) is 5.72. The Morgan fingerprint density at radius 2 is 1.54 bits per heavy atom. The molecular formula is C14H18F3NO5S. The predicted octanol–water partition coefficient (Wildman–Crippen LogP) is 2.27. The van der Waals surface area contributed by atoms with Gasteiger partial charge in [-0.05, 0) is 38.1 Å². The molecule has 0 aliphatic rings. The van der Waals surface area contributed by atoms with E-state index in [9.17, 15) is 18.0 Å². The smallest absolute Gasteiger partial charge is 0.490 e. The first-order valence-electron chi connectivity index (χ1n) is 6.43. The van der Waals surface area contributed by atoms with Gasteiger partial charge in [0.1, 0.15) is 17.5 Å². The zero-order valence-electron chi connectivity index (χ0n) is 13.1. The van der Waals surface area contributed by atoms with Crippen LogP contribution in [0.15, 0.2) is 24.3 Å². The number of hydrogen-bond acceptors (Lipinski definition) is 6. The molecular weight excluding hydrogens is 351 g/mol. The fraction of sp³-hybridized carbons (Fsp3) is 0.429. The third-order valence-electron chi connectivity index (χ3n) is 2.54. The highest BCUT2D eigenvalue weighted by Gasteiger charge is 2.38. The summed E-state index contributed by atoms with van der Waals surface area (Å²) in [5, 5.41) is 7.12. The molecule has 0 aliphatic carbocycles. The van der Waals surface area contributed by atoms with Gasteiger partial charge in [0.05, 0.1) is 7.11 Å². The van der Waals surface area contributed by atoms with Gasteiger partial charge < -0.3 is 20.3 Å². The lowest BCUT2D eigenvalue weighted by atomic mass is 10.0. The van der Waals surface area contributed by atoms with Crippen LogP contribution in [0.1, 0.15) is 13.8 Å². The minimum absolute atomic E-state index is 0.434. The molecule has 0 spiro atoms. The van der Waals surface area contributed by atoms with Gasteiger partial charge in [-0.25, -0.2) is 9.59 Å². The summed E-state index contributed by atoms with van der Waals surface area (Å²) < 4.78 is 41.2. The zero-order valence-corrected chi connectivity index (χ0v) is 14.0. The Hall–Kier alpha value is -1.94. The number of alkyl halides is 3. The molecule has 0 unspecified atom stereocenters. The Kier molecular flexibility index (Phi) is 8.07. The molecule has 1 rings (SSSR count). The van der Waals surface area contributed by atoms with Gasteiger partial charge in [-0.2, -0.15) is 25.8 Å². The molecule has 0 aliphatic heterocycles. The van der Waals surface area contributed by atoms with E-state index in [-0.39, 0.29) is 0 Å². The van der Waals surface area contributed by atoms with E-state index >= 15 is 0 Å². The van der Waals surface area contributed by atoms with Crippen LogP contribution in [0.25, 0.3) is 0 Å². The quantitative estimate of drug-likeness (QED) is 0.428. The van der Waals surface area contributed by atoms with Crippen molar-refractivity contribution in [3.8, 4) is 11.5 Å². The van der Waals surface area contributed by atoms with Gasteiger partial charge in [-0.1, -0.05) is 0 Å². The normalized spacial score (nSPS) is 12.5. The number of carboxylic acid groups (broad SMARTS) is 1. The number of rotatable bonds is 4. The minimum Gasteiger partial charge on any atom is -0.497 e. The third-order valence-corrected chi connectivity index (χ3v) is 2.81. The average molecular weight is 369 g/mol. The molecule has 24 heavy (non-hydrogen) atoms. The number of nitrogens with two attached hydrogens (primary N) is 1. The van der Waals surface area contributed by atoms with Gasteiger partial charge in [0.25, 0.3) is 0 Å². The summed E-state index contributed by atoms with van der Waals surface area (Å²) in [6.07, 6.45) is -5.08. The fourth-order valence-electron chi connectivity index (χ4n) is 1.11. The molecule has 0 bridgehead atoms. The number of benzene rings is 1. The number of carbonyl (C=O) groups is 2. The number of methoxy groups -OCH3 is 1. The van der Waals surface area contributed by atoms with E-state index in [0.29, 0.717) is 11.5 Å². The number of hydrogen-bond donors (Lipinski definition) is 3. The van der Waals surface area contributed by atoms with Crippen LogP contribution in [0.2, 0.25) is 0 Å². The molecule has 1 atom stereocenters. The first-order valence-corrected chi connectivity index (χ1v) is 6.87. The number of halogens is 3. The van der Waals surface area contributed by atoms with Crippen molar-refractivity contribution in [2.75, 3.05) is 7.11 Å². The number of aliphatic carboxylic acids is 1. The van der Waals surface area contributed by atoms with Crippen molar-refractivity contribution in [2.45, 2.75) is 30.8 Å². The van der Waals surface area contributed by atoms with Gasteiger partial charge in [0.15, 0.2) is 0 Å². The number of esters is 1. The van der Waals surface area contributed by atoms with Crippen molar-refractivity contribution in [3.63, 3.8) is 0 Å². The SMILES string of the molecule is COc1ccc(OC(=O)[C@H](N)C(C)(C)S)cc1.O=C(O)C(F)(F)F. The van der Waals surface area contributed by atoms with E-state index in [1.165, 1.54) is 0 Å². The van der Waals surface area contributed by atoms with Crippen LogP contribution >= 0.6 is 12.6 Å². The minimum atomic E-state index is -5.08. The van der Waals surface area contributed by atoms with Crippen LogP contribution < -0.4 is 15.2 Å². The van der Waals surface area contributed by atoms with Crippen molar-refractivity contribution in [1.82, 2.24) is 0 Å². The second kappa shape index (κ2) is 8.78. The molecule has 0 heterocycles. The summed E-state index contributed by atoms with van der Waals surface area (Å²) in [6, 6.07) is 5.93. The Bertz CT molecular complexity index is 555. The first-order chi connectivity index (χ1) is 10.8. The molecule has 3 N–H and O–H groups in total. The van der Waals surface area contributed by atoms with Crippen LogP contribution in [-0.4, -0.2) is 41.1 Å². The third kappa shape index (κ3) is 8.06. The highest BCUT2D eigenvalue weighted by Crippen LogP contribution is 2.20. The summed E-state index contributed by atoms with van der Waals surface area (Å²) in [7, 11) is 1.57. The molecule has 0 amide bonds. The van der Waals surface area contributed by atoms with E-state index in [1.807, 2.05) is 0 Å². The number of carboxylic acids is 1.